The van der Waals surface area contributed by atoms with Crippen LogP contribution < -0.4 is 4.57 Å². The Labute approximate surface area is 132 Å². The molecule has 2 aromatic carbocycles. The Bertz CT molecular complexity index is 914. The van der Waals surface area contributed by atoms with E-state index in [4.69, 9.17) is 0 Å². The van der Waals surface area contributed by atoms with Crippen LogP contribution in [-0.4, -0.2) is 15.3 Å². The van der Waals surface area contributed by atoms with Gasteiger partial charge in [-0.15, -0.1) is 0 Å². The van der Waals surface area contributed by atoms with Crippen molar-refractivity contribution in [2.24, 2.45) is 7.05 Å². The molecular weight excluding hydrogens is 294 g/mol. The molecular formula is C17H16N3O3+. The number of nitro benzene ring substituents is 1. The number of non-ortho nitro benzene ring substituents is 1. The van der Waals surface area contributed by atoms with Gasteiger partial charge < -0.3 is 0 Å². The van der Waals surface area contributed by atoms with E-state index in [1.165, 1.54) is 12.1 Å². The Morgan fingerprint density at radius 2 is 1.91 bits per heavy atom. The molecule has 0 bridgehead atoms. The van der Waals surface area contributed by atoms with E-state index >= 15 is 0 Å². The molecule has 0 spiro atoms. The molecule has 0 aliphatic rings. The van der Waals surface area contributed by atoms with Crippen molar-refractivity contribution in [2.75, 3.05) is 0 Å². The van der Waals surface area contributed by atoms with Gasteiger partial charge in [0, 0.05) is 18.6 Å². The van der Waals surface area contributed by atoms with Crippen LogP contribution in [0.3, 0.4) is 0 Å². The lowest BCUT2D eigenvalue weighted by Crippen LogP contribution is -2.31. The third kappa shape index (κ3) is 2.59. The first-order chi connectivity index (χ1) is 11.0. The number of imidazole rings is 1. The highest BCUT2D eigenvalue weighted by molar-refractivity contribution is 5.96. The molecule has 3 aromatic rings. The number of carbonyl (C=O) groups excluding carboxylic acids is 1. The smallest absolute Gasteiger partial charge is 0.273 e. The molecule has 116 valence electrons. The highest BCUT2D eigenvalue weighted by atomic mass is 16.6. The van der Waals surface area contributed by atoms with Crippen LogP contribution in [0.2, 0.25) is 0 Å². The van der Waals surface area contributed by atoms with Gasteiger partial charge in [0.25, 0.3) is 11.5 Å². The van der Waals surface area contributed by atoms with Crippen molar-refractivity contribution in [3.05, 3.63) is 70.0 Å². The molecule has 0 aliphatic heterocycles. The van der Waals surface area contributed by atoms with Crippen molar-refractivity contribution in [3.63, 3.8) is 0 Å². The normalized spacial score (nSPS) is 10.9. The molecule has 1 aromatic heterocycles. The molecule has 0 unspecified atom stereocenters. The Morgan fingerprint density at radius 1 is 1.22 bits per heavy atom. The minimum absolute atomic E-state index is 0.0176. The summed E-state index contributed by atoms with van der Waals surface area (Å²) in [5.41, 5.74) is 2.18. The number of nitro groups is 1. The standard InChI is InChI=1S/C17H16N3O3/c1-12-18(2)15-9-8-14(20(22)23)10-16(15)19(12)11-17(21)13-6-4-3-5-7-13/h3-10H,11H2,1-2H3/q+1. The van der Waals surface area contributed by atoms with Gasteiger partial charge in [0.1, 0.15) is 0 Å². The first-order valence-electron chi connectivity index (χ1n) is 7.20. The topological polar surface area (TPSA) is 69.0 Å². The summed E-state index contributed by atoms with van der Waals surface area (Å²) in [5.74, 6) is 0.836. The molecule has 0 N–H and O–H groups in total. The molecule has 0 amide bonds. The van der Waals surface area contributed by atoms with Crippen LogP contribution in [0.15, 0.2) is 48.5 Å². The van der Waals surface area contributed by atoms with Crippen molar-refractivity contribution in [1.29, 1.82) is 0 Å². The fourth-order valence-corrected chi connectivity index (χ4v) is 2.71. The lowest BCUT2D eigenvalue weighted by molar-refractivity contribution is -0.652. The van der Waals surface area contributed by atoms with Crippen LogP contribution in [-0.2, 0) is 13.6 Å². The summed E-state index contributed by atoms with van der Waals surface area (Å²) < 4.78 is 3.75. The second-order valence-corrected chi connectivity index (χ2v) is 5.41. The maximum absolute atomic E-state index is 12.5. The van der Waals surface area contributed by atoms with Crippen LogP contribution in [0, 0.1) is 17.0 Å². The number of Topliss-reactive ketones (excluding diaryl/α,β-unsaturated/α-hetero) is 1. The number of carbonyl (C=O) groups is 1. The third-order valence-corrected chi connectivity index (χ3v) is 4.10. The number of benzene rings is 2. The Balaban J connectivity index is 2.09. The lowest BCUT2D eigenvalue weighted by atomic mass is 10.1. The zero-order valence-corrected chi connectivity index (χ0v) is 12.9. The molecule has 6 nitrogen and oxygen atoms in total. The average Bonchev–Trinajstić information content (AvgIpc) is 2.80. The molecule has 0 radical (unpaired) electrons. The average molecular weight is 310 g/mol. The number of aromatic nitrogens is 2. The van der Waals surface area contributed by atoms with Gasteiger partial charge in [0.05, 0.1) is 18.0 Å². The van der Waals surface area contributed by atoms with Gasteiger partial charge >= 0.3 is 0 Å². The number of ketones is 1. The quantitative estimate of drug-likeness (QED) is 0.322. The number of aryl methyl sites for hydroxylation is 1. The molecule has 1 heterocycles. The van der Waals surface area contributed by atoms with Gasteiger partial charge in [0.2, 0.25) is 5.78 Å². The molecule has 3 rings (SSSR count). The summed E-state index contributed by atoms with van der Waals surface area (Å²) in [4.78, 5) is 23.1. The lowest BCUT2D eigenvalue weighted by Gasteiger charge is -2.01. The van der Waals surface area contributed by atoms with E-state index in [1.54, 1.807) is 18.2 Å². The number of hydrogen-bond acceptors (Lipinski definition) is 3. The van der Waals surface area contributed by atoms with E-state index < -0.39 is 4.92 Å². The molecule has 0 saturated carbocycles. The van der Waals surface area contributed by atoms with Gasteiger partial charge in [-0.05, 0) is 6.07 Å². The summed E-state index contributed by atoms with van der Waals surface area (Å²) in [6.45, 7) is 2.04. The summed E-state index contributed by atoms with van der Waals surface area (Å²) in [7, 11) is 1.88. The van der Waals surface area contributed by atoms with Crippen molar-refractivity contribution in [2.45, 2.75) is 13.5 Å². The Hall–Kier alpha value is -3.02. The highest BCUT2D eigenvalue weighted by Gasteiger charge is 2.24. The number of hydrogen-bond donors (Lipinski definition) is 0. The maximum atomic E-state index is 12.5. The van der Waals surface area contributed by atoms with E-state index in [0.29, 0.717) is 11.1 Å². The van der Waals surface area contributed by atoms with Gasteiger partial charge in [-0.25, -0.2) is 9.13 Å². The third-order valence-electron chi connectivity index (χ3n) is 4.10. The largest absolute Gasteiger partial charge is 0.290 e. The summed E-state index contributed by atoms with van der Waals surface area (Å²) >= 11 is 0. The second kappa shape index (κ2) is 5.64. The number of nitrogens with zero attached hydrogens (tertiary/aromatic N) is 3. The number of rotatable bonds is 4. The minimum atomic E-state index is -0.425. The minimum Gasteiger partial charge on any atom is -0.290 e. The summed E-state index contributed by atoms with van der Waals surface area (Å²) in [6.07, 6.45) is 0. The fourth-order valence-electron chi connectivity index (χ4n) is 2.71. The first kappa shape index (κ1) is 14.9. The maximum Gasteiger partial charge on any atom is 0.273 e. The molecule has 0 atom stereocenters. The van der Waals surface area contributed by atoms with Crippen LogP contribution in [0.25, 0.3) is 11.0 Å². The van der Waals surface area contributed by atoms with Crippen LogP contribution in [0.4, 0.5) is 5.69 Å². The van der Waals surface area contributed by atoms with E-state index in [0.717, 1.165) is 11.3 Å². The molecule has 0 aliphatic carbocycles. The fraction of sp³-hybridized carbons (Fsp3) is 0.176. The first-order valence-corrected chi connectivity index (χ1v) is 7.20. The van der Waals surface area contributed by atoms with E-state index in [1.807, 2.05) is 41.3 Å². The van der Waals surface area contributed by atoms with Gasteiger partial charge in [0.15, 0.2) is 17.6 Å². The zero-order valence-electron chi connectivity index (χ0n) is 12.9. The highest BCUT2D eigenvalue weighted by Crippen LogP contribution is 2.21. The molecule has 6 heteroatoms. The number of fused-ring (bicyclic) bond motifs is 1. The monoisotopic (exact) mass is 310 g/mol. The van der Waals surface area contributed by atoms with Crippen molar-refractivity contribution < 1.29 is 14.3 Å². The second-order valence-electron chi connectivity index (χ2n) is 5.41. The van der Waals surface area contributed by atoms with Gasteiger partial charge in [-0.3, -0.25) is 14.9 Å². The van der Waals surface area contributed by atoms with Crippen molar-refractivity contribution in [3.8, 4) is 0 Å². The molecule has 23 heavy (non-hydrogen) atoms. The van der Waals surface area contributed by atoms with Crippen LogP contribution >= 0.6 is 0 Å². The predicted octanol–water partition coefficient (Wildman–Crippen LogP) is 2.57. The van der Waals surface area contributed by atoms with Crippen molar-refractivity contribution >= 4 is 22.5 Å². The van der Waals surface area contributed by atoms with E-state index in [-0.39, 0.29) is 18.0 Å². The van der Waals surface area contributed by atoms with Crippen LogP contribution in [0.5, 0.6) is 0 Å². The van der Waals surface area contributed by atoms with Gasteiger partial charge in [-0.1, -0.05) is 30.3 Å². The van der Waals surface area contributed by atoms with E-state index in [2.05, 4.69) is 0 Å². The van der Waals surface area contributed by atoms with Crippen molar-refractivity contribution in [1.82, 2.24) is 4.57 Å². The summed E-state index contributed by atoms with van der Waals surface area (Å²) in [5, 5.41) is 11.0. The Kier molecular flexibility index (Phi) is 3.65. The predicted molar refractivity (Wildman–Crippen MR) is 85.3 cm³/mol. The Morgan fingerprint density at radius 3 is 2.57 bits per heavy atom. The SMILES string of the molecule is Cc1n(CC(=O)c2ccccc2)c2cc([N+](=O)[O-])ccc2[n+]1C. The molecule has 0 fully saturated rings. The zero-order chi connectivity index (χ0) is 16.6. The van der Waals surface area contributed by atoms with Crippen LogP contribution in [0.1, 0.15) is 16.2 Å². The summed E-state index contributed by atoms with van der Waals surface area (Å²) in [6, 6.07) is 13.7. The van der Waals surface area contributed by atoms with Gasteiger partial charge in [-0.2, -0.15) is 0 Å². The molecule has 0 saturated heterocycles. The van der Waals surface area contributed by atoms with E-state index in [9.17, 15) is 14.9 Å².